The monoisotopic (exact) mass is 258 g/mol. The number of carboxylic acids is 1. The number of halogens is 1. The van der Waals surface area contributed by atoms with E-state index in [2.05, 4.69) is 16.6 Å². The van der Waals surface area contributed by atoms with Gasteiger partial charge in [0.2, 0.25) is 6.08 Å². The molecular formula is C9H9FN3O5. The Balaban J connectivity index is 0.000000631. The lowest BCUT2D eigenvalue weighted by Gasteiger charge is -2.22. The minimum absolute atomic E-state index is 0.167. The molecule has 0 aromatic rings. The zero-order valence-electron chi connectivity index (χ0n) is 9.05. The van der Waals surface area contributed by atoms with Crippen LogP contribution in [0.5, 0.6) is 0 Å². The van der Waals surface area contributed by atoms with E-state index in [1.807, 2.05) is 5.32 Å². The van der Waals surface area contributed by atoms with Crippen molar-refractivity contribution >= 4 is 23.9 Å². The van der Waals surface area contributed by atoms with Gasteiger partial charge in [-0.2, -0.15) is 4.99 Å². The second-order valence-corrected chi connectivity index (χ2v) is 2.86. The summed E-state index contributed by atoms with van der Waals surface area (Å²) in [5, 5.41) is 19.5. The van der Waals surface area contributed by atoms with Crippen molar-refractivity contribution in [1.29, 1.82) is 0 Å². The minimum Gasteiger partial charge on any atom is -0.478 e. The van der Waals surface area contributed by atoms with Gasteiger partial charge in [0.15, 0.2) is 5.84 Å². The lowest BCUT2D eigenvalue weighted by Crippen LogP contribution is -2.54. The van der Waals surface area contributed by atoms with Gasteiger partial charge < -0.3 is 10.4 Å². The number of amidine groups is 1. The smallest absolute Gasteiger partial charge is 0.351 e. The van der Waals surface area contributed by atoms with Crippen molar-refractivity contribution < 1.29 is 29.0 Å². The maximum Gasteiger partial charge on any atom is 0.351 e. The van der Waals surface area contributed by atoms with Crippen LogP contribution in [0, 0.1) is 0 Å². The molecule has 1 atom stereocenters. The van der Waals surface area contributed by atoms with Gasteiger partial charge >= 0.3 is 12.0 Å². The maximum atomic E-state index is 13.5. The molecule has 1 rings (SSSR count). The van der Waals surface area contributed by atoms with E-state index in [1.54, 1.807) is 0 Å². The number of carboxylic acid groups (broad SMARTS) is 1. The molecule has 0 spiro atoms. The molecule has 0 aliphatic carbocycles. The van der Waals surface area contributed by atoms with Gasteiger partial charge in [-0.1, -0.05) is 6.08 Å². The normalized spacial score (nSPS) is 21.4. The molecule has 18 heavy (non-hydrogen) atoms. The van der Waals surface area contributed by atoms with Crippen molar-refractivity contribution in [2.45, 2.75) is 5.67 Å². The van der Waals surface area contributed by atoms with Gasteiger partial charge in [-0.05, 0) is 0 Å². The molecule has 1 heterocycles. The lowest BCUT2D eigenvalue weighted by atomic mass is 10.0. The molecule has 97 valence electrons. The van der Waals surface area contributed by atoms with Crippen molar-refractivity contribution in [3.05, 3.63) is 12.7 Å². The SMILES string of the molecule is C=CC[O].O=C=NC1=NC(=O)NCC1(F)C(=O)O. The van der Waals surface area contributed by atoms with Gasteiger partial charge in [-0.15, -0.1) is 11.6 Å². The highest BCUT2D eigenvalue weighted by molar-refractivity contribution is 6.15. The second-order valence-electron chi connectivity index (χ2n) is 2.86. The Bertz CT molecular complexity index is 430. The Kier molecular flexibility index (Phi) is 6.11. The predicted octanol–water partition coefficient (Wildman–Crippen LogP) is -0.160. The van der Waals surface area contributed by atoms with Crippen LogP contribution in [0.1, 0.15) is 0 Å². The number of carbonyl (C=O) groups is 2. The van der Waals surface area contributed by atoms with Gasteiger partial charge in [0.1, 0.15) is 6.61 Å². The number of hydrogen-bond acceptors (Lipinski definition) is 4. The number of aliphatic imine (C=N–C) groups is 2. The molecule has 0 bridgehead atoms. The number of isocyanates is 1. The van der Waals surface area contributed by atoms with Crippen molar-refractivity contribution in [3.8, 4) is 0 Å². The summed E-state index contributed by atoms with van der Waals surface area (Å²) in [5.41, 5.74) is -2.97. The van der Waals surface area contributed by atoms with Gasteiger partial charge in [0.25, 0.3) is 5.67 Å². The minimum atomic E-state index is -2.97. The summed E-state index contributed by atoms with van der Waals surface area (Å²) in [6.45, 7) is 2.19. The van der Waals surface area contributed by atoms with Crippen LogP contribution < -0.4 is 5.32 Å². The molecule has 0 saturated carbocycles. The van der Waals surface area contributed by atoms with Crippen LogP contribution in [-0.4, -0.2) is 47.8 Å². The topological polar surface area (TPSA) is 128 Å². The fourth-order valence-electron chi connectivity index (χ4n) is 0.829. The van der Waals surface area contributed by atoms with Crippen LogP contribution in [0.2, 0.25) is 0 Å². The maximum absolute atomic E-state index is 13.5. The van der Waals surface area contributed by atoms with E-state index in [0.29, 0.717) is 0 Å². The molecule has 2 amide bonds. The summed E-state index contributed by atoms with van der Waals surface area (Å²) < 4.78 is 13.5. The molecule has 0 saturated heterocycles. The van der Waals surface area contributed by atoms with Crippen molar-refractivity contribution in [3.63, 3.8) is 0 Å². The van der Waals surface area contributed by atoms with Crippen LogP contribution in [0.3, 0.4) is 0 Å². The highest BCUT2D eigenvalue weighted by Crippen LogP contribution is 2.17. The molecular weight excluding hydrogens is 249 g/mol. The van der Waals surface area contributed by atoms with Gasteiger partial charge in [0.05, 0.1) is 6.54 Å². The third-order valence-corrected chi connectivity index (χ3v) is 1.65. The highest BCUT2D eigenvalue weighted by atomic mass is 19.1. The first kappa shape index (κ1) is 15.6. The molecule has 9 heteroatoms. The van der Waals surface area contributed by atoms with E-state index in [-0.39, 0.29) is 6.61 Å². The summed E-state index contributed by atoms with van der Waals surface area (Å²) in [4.78, 5) is 36.6. The largest absolute Gasteiger partial charge is 0.478 e. The summed E-state index contributed by atoms with van der Waals surface area (Å²) in [5.74, 6) is -2.88. The molecule has 0 aromatic heterocycles. The number of rotatable bonds is 2. The quantitative estimate of drug-likeness (QED) is 0.405. The summed E-state index contributed by atoms with van der Waals surface area (Å²) in [6.07, 6.45) is 2.25. The van der Waals surface area contributed by atoms with Crippen molar-refractivity contribution in [1.82, 2.24) is 5.32 Å². The molecule has 0 fully saturated rings. The first-order valence-electron chi connectivity index (χ1n) is 4.48. The fourth-order valence-corrected chi connectivity index (χ4v) is 0.829. The number of nitrogens with zero attached hydrogens (tertiary/aromatic N) is 2. The van der Waals surface area contributed by atoms with E-state index in [1.165, 1.54) is 6.08 Å². The Hall–Kier alpha value is -2.38. The molecule has 1 unspecified atom stereocenters. The molecule has 2 N–H and O–H groups in total. The summed E-state index contributed by atoms with van der Waals surface area (Å²) in [7, 11) is 0. The Labute approximate surface area is 101 Å². The van der Waals surface area contributed by atoms with Gasteiger partial charge in [-0.3, -0.25) is 0 Å². The fraction of sp³-hybridized carbons (Fsp3) is 0.333. The average molecular weight is 258 g/mol. The predicted molar refractivity (Wildman–Crippen MR) is 56.2 cm³/mol. The standard InChI is InChI=1S/C6H4FN3O4.C3H5O/c7-6(4(12)13)1-8-5(14)10-3(6)9-2-11;1-2-3-4/h1H2,(H,8,14)(H,12,13);2H,1,3H2. The van der Waals surface area contributed by atoms with E-state index in [9.17, 15) is 23.9 Å². The molecule has 8 nitrogen and oxygen atoms in total. The van der Waals surface area contributed by atoms with E-state index in [0.717, 1.165) is 6.08 Å². The summed E-state index contributed by atoms with van der Waals surface area (Å²) in [6, 6.07) is -0.950. The van der Waals surface area contributed by atoms with E-state index < -0.39 is 30.0 Å². The molecule has 1 aliphatic heterocycles. The molecule has 1 aliphatic rings. The molecule has 1 radical (unpaired) electrons. The lowest BCUT2D eigenvalue weighted by molar-refractivity contribution is -0.145. The number of amides is 2. The zero-order chi connectivity index (χ0) is 14.2. The third kappa shape index (κ3) is 3.89. The number of nitrogens with one attached hydrogen (secondary N) is 1. The zero-order valence-corrected chi connectivity index (χ0v) is 9.05. The third-order valence-electron chi connectivity index (χ3n) is 1.65. The second kappa shape index (κ2) is 7.05. The Morgan fingerprint density at radius 2 is 2.33 bits per heavy atom. The highest BCUT2D eigenvalue weighted by Gasteiger charge is 2.48. The van der Waals surface area contributed by atoms with Gasteiger partial charge in [0, 0.05) is 0 Å². The van der Waals surface area contributed by atoms with Crippen LogP contribution >= 0.6 is 0 Å². The van der Waals surface area contributed by atoms with Crippen molar-refractivity contribution in [2.24, 2.45) is 9.98 Å². The Morgan fingerprint density at radius 3 is 2.72 bits per heavy atom. The van der Waals surface area contributed by atoms with Crippen LogP contribution in [0.4, 0.5) is 9.18 Å². The summed E-state index contributed by atoms with van der Waals surface area (Å²) >= 11 is 0. The molecule has 0 aromatic carbocycles. The van der Waals surface area contributed by atoms with Crippen LogP contribution in [0.15, 0.2) is 22.6 Å². The first-order valence-corrected chi connectivity index (χ1v) is 4.48. The number of aliphatic carboxylic acids is 1. The number of alkyl halides is 1. The van der Waals surface area contributed by atoms with Crippen molar-refractivity contribution in [2.75, 3.05) is 13.2 Å². The van der Waals surface area contributed by atoms with E-state index >= 15 is 0 Å². The van der Waals surface area contributed by atoms with Crippen LogP contribution in [-0.2, 0) is 14.7 Å². The van der Waals surface area contributed by atoms with Crippen LogP contribution in [0.25, 0.3) is 0 Å². The number of urea groups is 1. The van der Waals surface area contributed by atoms with E-state index in [4.69, 9.17) is 5.11 Å². The first-order chi connectivity index (χ1) is 8.42. The average Bonchev–Trinajstić information content (AvgIpc) is 2.34. The number of hydrogen-bond donors (Lipinski definition) is 2. The number of carbonyl (C=O) groups excluding carboxylic acids is 2. The Morgan fingerprint density at radius 1 is 1.78 bits per heavy atom. The van der Waals surface area contributed by atoms with Gasteiger partial charge in [-0.25, -0.2) is 23.9 Å².